The van der Waals surface area contributed by atoms with Crippen molar-refractivity contribution in [3.05, 3.63) is 35.4 Å². The average Bonchev–Trinajstić information content (AvgIpc) is 2.42. The third-order valence-electron chi connectivity index (χ3n) is 3.41. The number of halogens is 3. The van der Waals surface area contributed by atoms with Crippen LogP contribution in [0, 0.1) is 11.6 Å². The Balaban J connectivity index is 0.00000200. The molecule has 1 fully saturated rings. The number of rotatable bonds is 3. The Morgan fingerprint density at radius 2 is 2.15 bits per heavy atom. The number of amides is 1. The predicted octanol–water partition coefficient (Wildman–Crippen LogP) is 2.49. The number of hydrogen-bond donors (Lipinski definition) is 1. The first-order valence-corrected chi connectivity index (χ1v) is 6.50. The number of nitrogens with zero attached hydrogens (tertiary/aromatic N) is 1. The Hall–Kier alpha value is -1.20. The Kier molecular flexibility index (Phi) is 6.36. The van der Waals surface area contributed by atoms with E-state index in [-0.39, 0.29) is 30.9 Å². The largest absolute Gasteiger partial charge is 0.340 e. The molecule has 1 aromatic carbocycles. The van der Waals surface area contributed by atoms with Gasteiger partial charge in [0.2, 0.25) is 5.91 Å². The normalized spacial score (nSPS) is 18.2. The number of carbonyl (C=O) groups excluding carboxylic acids is 1. The third kappa shape index (κ3) is 4.15. The molecule has 0 bridgehead atoms. The van der Waals surface area contributed by atoms with Crippen LogP contribution in [0.1, 0.15) is 24.8 Å². The highest BCUT2D eigenvalue weighted by molar-refractivity contribution is 5.85. The van der Waals surface area contributed by atoms with Gasteiger partial charge in [-0.15, -0.1) is 12.4 Å². The van der Waals surface area contributed by atoms with Crippen LogP contribution in [0.15, 0.2) is 18.2 Å². The van der Waals surface area contributed by atoms with E-state index in [9.17, 15) is 13.6 Å². The summed E-state index contributed by atoms with van der Waals surface area (Å²) in [4.78, 5) is 13.6. The Morgan fingerprint density at radius 1 is 1.40 bits per heavy atom. The average molecular weight is 305 g/mol. The number of hydrogen-bond acceptors (Lipinski definition) is 2. The van der Waals surface area contributed by atoms with E-state index in [0.717, 1.165) is 31.9 Å². The van der Waals surface area contributed by atoms with Gasteiger partial charge >= 0.3 is 0 Å². The van der Waals surface area contributed by atoms with Crippen LogP contribution in [0.25, 0.3) is 0 Å². The lowest BCUT2D eigenvalue weighted by molar-refractivity contribution is -0.133. The van der Waals surface area contributed by atoms with Crippen LogP contribution in [-0.2, 0) is 11.3 Å². The second-order valence-corrected chi connectivity index (χ2v) is 4.93. The van der Waals surface area contributed by atoms with Gasteiger partial charge in [-0.3, -0.25) is 4.79 Å². The van der Waals surface area contributed by atoms with Crippen molar-refractivity contribution in [2.24, 2.45) is 0 Å². The molecule has 0 spiro atoms. The smallest absolute Gasteiger partial charge is 0.239 e. The predicted molar refractivity (Wildman–Crippen MR) is 75.7 cm³/mol. The summed E-state index contributed by atoms with van der Waals surface area (Å²) in [5, 5.41) is 3.16. The van der Waals surface area contributed by atoms with Gasteiger partial charge in [-0.05, 0) is 25.5 Å². The Bertz CT molecular complexity index is 464. The summed E-state index contributed by atoms with van der Waals surface area (Å²) in [5.41, 5.74) is 0.327. The van der Waals surface area contributed by atoms with Gasteiger partial charge in [0, 0.05) is 25.2 Å². The van der Waals surface area contributed by atoms with Gasteiger partial charge in [0.1, 0.15) is 11.6 Å². The highest BCUT2D eigenvalue weighted by Gasteiger charge is 2.24. The second-order valence-electron chi connectivity index (χ2n) is 4.93. The summed E-state index contributed by atoms with van der Waals surface area (Å²) in [5.74, 6) is -1.26. The fourth-order valence-corrected chi connectivity index (χ4v) is 2.31. The third-order valence-corrected chi connectivity index (χ3v) is 3.41. The molecule has 1 saturated heterocycles. The van der Waals surface area contributed by atoms with Crippen LogP contribution < -0.4 is 5.32 Å². The van der Waals surface area contributed by atoms with E-state index in [1.807, 2.05) is 0 Å². The monoisotopic (exact) mass is 304 g/mol. The van der Waals surface area contributed by atoms with Gasteiger partial charge in [-0.1, -0.05) is 12.5 Å². The molecule has 1 aliphatic rings. The van der Waals surface area contributed by atoms with E-state index in [1.165, 1.54) is 17.0 Å². The van der Waals surface area contributed by atoms with Crippen molar-refractivity contribution in [1.82, 2.24) is 10.2 Å². The first kappa shape index (κ1) is 16.9. The molecular formula is C14H19ClF2N2O. The first-order valence-electron chi connectivity index (χ1n) is 6.50. The zero-order chi connectivity index (χ0) is 13.8. The fraction of sp³-hybridized carbons (Fsp3) is 0.500. The van der Waals surface area contributed by atoms with E-state index >= 15 is 0 Å². The van der Waals surface area contributed by atoms with Crippen molar-refractivity contribution in [1.29, 1.82) is 0 Å². The molecule has 112 valence electrons. The molecule has 6 heteroatoms. The number of carbonyl (C=O) groups is 1. The molecule has 2 rings (SSSR count). The summed E-state index contributed by atoms with van der Waals surface area (Å²) in [6.45, 7) is 0.998. The minimum Gasteiger partial charge on any atom is -0.340 e. The van der Waals surface area contributed by atoms with Gasteiger partial charge in [-0.25, -0.2) is 8.78 Å². The van der Waals surface area contributed by atoms with E-state index < -0.39 is 11.6 Å². The SMILES string of the molecule is CN(Cc1ccc(F)cc1F)C(=O)[C@H]1CCCCN1.Cl. The van der Waals surface area contributed by atoms with Crippen molar-refractivity contribution in [3.63, 3.8) is 0 Å². The number of nitrogens with one attached hydrogen (secondary N) is 1. The van der Waals surface area contributed by atoms with Crippen LogP contribution in [-0.4, -0.2) is 30.4 Å². The molecular weight excluding hydrogens is 286 g/mol. The highest BCUT2D eigenvalue weighted by atomic mass is 35.5. The lowest BCUT2D eigenvalue weighted by atomic mass is 10.0. The maximum Gasteiger partial charge on any atom is 0.239 e. The van der Waals surface area contributed by atoms with E-state index in [2.05, 4.69) is 5.32 Å². The van der Waals surface area contributed by atoms with Gasteiger partial charge in [0.05, 0.1) is 6.04 Å². The molecule has 1 heterocycles. The summed E-state index contributed by atoms with van der Waals surface area (Å²) in [6.07, 6.45) is 2.93. The van der Waals surface area contributed by atoms with Crippen molar-refractivity contribution in [2.45, 2.75) is 31.8 Å². The van der Waals surface area contributed by atoms with Gasteiger partial charge < -0.3 is 10.2 Å². The molecule has 1 atom stereocenters. The molecule has 1 N–H and O–H groups in total. The second kappa shape index (κ2) is 7.55. The van der Waals surface area contributed by atoms with Crippen LogP contribution in [0.3, 0.4) is 0 Å². The van der Waals surface area contributed by atoms with Gasteiger partial charge in [0.25, 0.3) is 0 Å². The minimum absolute atomic E-state index is 0. The summed E-state index contributed by atoms with van der Waals surface area (Å²) in [6, 6.07) is 3.24. The molecule has 0 unspecified atom stereocenters. The Labute approximate surface area is 123 Å². The minimum atomic E-state index is -0.615. The van der Waals surface area contributed by atoms with E-state index in [1.54, 1.807) is 7.05 Å². The van der Waals surface area contributed by atoms with Crippen molar-refractivity contribution in [2.75, 3.05) is 13.6 Å². The van der Waals surface area contributed by atoms with Crippen molar-refractivity contribution >= 4 is 18.3 Å². The van der Waals surface area contributed by atoms with Crippen LogP contribution >= 0.6 is 12.4 Å². The summed E-state index contributed by atoms with van der Waals surface area (Å²) in [7, 11) is 1.64. The van der Waals surface area contributed by atoms with Crippen LogP contribution in [0.4, 0.5) is 8.78 Å². The van der Waals surface area contributed by atoms with Gasteiger partial charge in [-0.2, -0.15) is 0 Å². The number of likely N-dealkylation sites (N-methyl/N-ethyl adjacent to an activating group) is 1. The van der Waals surface area contributed by atoms with Crippen LogP contribution in [0.5, 0.6) is 0 Å². The highest BCUT2D eigenvalue weighted by Crippen LogP contribution is 2.14. The molecule has 0 radical (unpaired) electrons. The standard InChI is InChI=1S/C14H18F2N2O.ClH/c1-18(14(19)13-4-2-3-7-17-13)9-10-5-6-11(15)8-12(10)16;/h5-6,8,13,17H,2-4,7,9H2,1H3;1H/t13-;/m1./s1. The quantitative estimate of drug-likeness (QED) is 0.930. The molecule has 20 heavy (non-hydrogen) atoms. The maximum atomic E-state index is 13.5. The molecule has 1 aromatic rings. The van der Waals surface area contributed by atoms with Crippen molar-refractivity contribution < 1.29 is 13.6 Å². The van der Waals surface area contributed by atoms with E-state index in [0.29, 0.717) is 5.56 Å². The lowest BCUT2D eigenvalue weighted by Crippen LogP contribution is -2.47. The molecule has 1 amide bonds. The maximum absolute atomic E-state index is 13.5. The van der Waals surface area contributed by atoms with Gasteiger partial charge in [0.15, 0.2) is 0 Å². The molecule has 1 aliphatic heterocycles. The molecule has 0 aromatic heterocycles. The zero-order valence-electron chi connectivity index (χ0n) is 11.4. The Morgan fingerprint density at radius 3 is 2.75 bits per heavy atom. The van der Waals surface area contributed by atoms with E-state index in [4.69, 9.17) is 0 Å². The summed E-state index contributed by atoms with van der Waals surface area (Å²) >= 11 is 0. The number of piperidine rings is 1. The van der Waals surface area contributed by atoms with Crippen LogP contribution in [0.2, 0.25) is 0 Å². The van der Waals surface area contributed by atoms with Crippen molar-refractivity contribution in [3.8, 4) is 0 Å². The topological polar surface area (TPSA) is 32.3 Å². The zero-order valence-corrected chi connectivity index (χ0v) is 12.2. The first-order chi connectivity index (χ1) is 9.08. The fourth-order valence-electron chi connectivity index (χ4n) is 2.31. The summed E-state index contributed by atoms with van der Waals surface area (Å²) < 4.78 is 26.3. The lowest BCUT2D eigenvalue weighted by Gasteiger charge is -2.27. The molecule has 0 aliphatic carbocycles. The molecule has 3 nitrogen and oxygen atoms in total. The number of benzene rings is 1. The molecule has 0 saturated carbocycles.